The van der Waals surface area contributed by atoms with Crippen LogP contribution in [-0.2, 0) is 16.1 Å². The van der Waals surface area contributed by atoms with Gasteiger partial charge in [-0.2, -0.15) is 0 Å². The van der Waals surface area contributed by atoms with Crippen molar-refractivity contribution in [1.29, 1.82) is 0 Å². The van der Waals surface area contributed by atoms with Crippen LogP contribution in [-0.4, -0.2) is 22.0 Å². The summed E-state index contributed by atoms with van der Waals surface area (Å²) >= 11 is 1.49. The number of carbonyl (C=O) groups is 2. The van der Waals surface area contributed by atoms with Crippen molar-refractivity contribution in [1.82, 2.24) is 10.3 Å². The van der Waals surface area contributed by atoms with Crippen molar-refractivity contribution >= 4 is 23.2 Å². The second-order valence-corrected chi connectivity index (χ2v) is 5.51. The highest BCUT2D eigenvalue weighted by Crippen LogP contribution is 2.26. The maximum atomic E-state index is 12.1. The van der Waals surface area contributed by atoms with E-state index in [2.05, 4.69) is 10.3 Å². The van der Waals surface area contributed by atoms with Gasteiger partial charge in [0.05, 0.1) is 29.6 Å². The van der Waals surface area contributed by atoms with E-state index in [0.717, 1.165) is 10.6 Å². The predicted molar refractivity (Wildman–Crippen MR) is 71.7 cm³/mol. The molecule has 5 nitrogen and oxygen atoms in total. The molecule has 0 fully saturated rings. The average Bonchev–Trinajstić information content (AvgIpc) is 2.81. The van der Waals surface area contributed by atoms with E-state index in [9.17, 15) is 9.59 Å². The second kappa shape index (κ2) is 5.97. The van der Waals surface area contributed by atoms with E-state index in [1.807, 2.05) is 19.1 Å². The fourth-order valence-corrected chi connectivity index (χ4v) is 2.89. The number of allylic oxidation sites excluding steroid dienone is 2. The third-order valence-corrected chi connectivity index (χ3v) is 4.29. The molecule has 1 aliphatic rings. The van der Waals surface area contributed by atoms with E-state index >= 15 is 0 Å². The van der Waals surface area contributed by atoms with Crippen LogP contribution in [0.4, 0.5) is 0 Å². The summed E-state index contributed by atoms with van der Waals surface area (Å²) in [5.41, 5.74) is 2.64. The highest BCUT2D eigenvalue weighted by Gasteiger charge is 2.33. The smallest absolute Gasteiger partial charge is 0.307 e. The Morgan fingerprint density at radius 2 is 2.11 bits per heavy atom. The topological polar surface area (TPSA) is 79.3 Å². The summed E-state index contributed by atoms with van der Waals surface area (Å²) in [5, 5.41) is 11.9. The number of amides is 1. The number of nitrogens with zero attached hydrogens (tertiary/aromatic N) is 1. The molecule has 2 N–H and O–H groups in total. The lowest BCUT2D eigenvalue weighted by Crippen LogP contribution is -2.38. The van der Waals surface area contributed by atoms with E-state index in [1.165, 1.54) is 11.3 Å². The maximum Gasteiger partial charge on any atom is 0.307 e. The predicted octanol–water partition coefficient (Wildman–Crippen LogP) is 1.73. The van der Waals surface area contributed by atoms with Crippen LogP contribution in [0.25, 0.3) is 0 Å². The molecule has 1 aromatic rings. The highest BCUT2D eigenvalue weighted by molar-refractivity contribution is 7.09. The number of carbonyl (C=O) groups excluding carboxylic acids is 1. The minimum atomic E-state index is -0.904. The van der Waals surface area contributed by atoms with Crippen LogP contribution in [0.5, 0.6) is 0 Å². The fraction of sp³-hybridized carbons (Fsp3) is 0.462. The van der Waals surface area contributed by atoms with Gasteiger partial charge in [0.1, 0.15) is 0 Å². The van der Waals surface area contributed by atoms with Gasteiger partial charge in [0.25, 0.3) is 0 Å². The summed E-state index contributed by atoms with van der Waals surface area (Å²) in [6, 6.07) is 0. The van der Waals surface area contributed by atoms with Gasteiger partial charge in [-0.15, -0.1) is 11.3 Å². The van der Waals surface area contributed by atoms with Gasteiger partial charge in [0.15, 0.2) is 0 Å². The summed E-state index contributed by atoms with van der Waals surface area (Å²) in [6.07, 6.45) is 4.62. The van der Waals surface area contributed by atoms with Crippen molar-refractivity contribution in [3.8, 4) is 0 Å². The van der Waals surface area contributed by atoms with E-state index in [-0.39, 0.29) is 5.91 Å². The number of hydrogen-bond acceptors (Lipinski definition) is 4. The van der Waals surface area contributed by atoms with Gasteiger partial charge in [-0.25, -0.2) is 4.98 Å². The first-order valence-electron chi connectivity index (χ1n) is 6.14. The Morgan fingerprint density at radius 3 is 2.68 bits per heavy atom. The minimum Gasteiger partial charge on any atom is -0.481 e. The largest absolute Gasteiger partial charge is 0.481 e. The third kappa shape index (κ3) is 3.20. The van der Waals surface area contributed by atoms with Crippen molar-refractivity contribution < 1.29 is 14.7 Å². The Balaban J connectivity index is 1.97. The van der Waals surface area contributed by atoms with Gasteiger partial charge >= 0.3 is 5.97 Å². The number of hydrogen-bond donors (Lipinski definition) is 2. The first-order valence-corrected chi connectivity index (χ1v) is 7.02. The summed E-state index contributed by atoms with van der Waals surface area (Å²) in [5.74, 6) is -2.19. The first kappa shape index (κ1) is 13.7. The normalized spacial score (nSPS) is 22.2. The van der Waals surface area contributed by atoms with Gasteiger partial charge in [-0.05, 0) is 19.8 Å². The molecule has 1 aromatic heterocycles. The van der Waals surface area contributed by atoms with E-state index < -0.39 is 17.8 Å². The lowest BCUT2D eigenvalue weighted by Gasteiger charge is -2.24. The number of rotatable bonds is 4. The Hall–Kier alpha value is -1.69. The summed E-state index contributed by atoms with van der Waals surface area (Å²) in [6.45, 7) is 2.31. The van der Waals surface area contributed by atoms with Crippen LogP contribution in [0.2, 0.25) is 0 Å². The van der Waals surface area contributed by atoms with Crippen molar-refractivity contribution in [2.75, 3.05) is 0 Å². The molecule has 0 saturated heterocycles. The number of thiazole rings is 1. The van der Waals surface area contributed by atoms with Crippen molar-refractivity contribution in [3.05, 3.63) is 28.2 Å². The van der Waals surface area contributed by atoms with Crippen molar-refractivity contribution in [2.24, 2.45) is 11.8 Å². The molecule has 6 heteroatoms. The van der Waals surface area contributed by atoms with Gasteiger partial charge in [0, 0.05) is 4.88 Å². The monoisotopic (exact) mass is 280 g/mol. The highest BCUT2D eigenvalue weighted by atomic mass is 32.1. The number of aliphatic carboxylic acids is 1. The van der Waals surface area contributed by atoms with Crippen LogP contribution < -0.4 is 5.32 Å². The lowest BCUT2D eigenvalue weighted by atomic mass is 9.82. The molecule has 0 bridgehead atoms. The Kier molecular flexibility index (Phi) is 4.31. The maximum absolute atomic E-state index is 12.1. The van der Waals surface area contributed by atoms with Gasteiger partial charge in [-0.1, -0.05) is 12.2 Å². The van der Waals surface area contributed by atoms with Gasteiger partial charge in [0.2, 0.25) is 5.91 Å². The van der Waals surface area contributed by atoms with Gasteiger partial charge in [-0.3, -0.25) is 9.59 Å². The van der Waals surface area contributed by atoms with E-state index in [1.54, 1.807) is 5.51 Å². The molecule has 0 aromatic carbocycles. The standard InChI is InChI=1S/C13H16N2O3S/c1-8-11(19-7-15-8)6-14-12(16)9-4-2-3-5-10(9)13(17)18/h2-3,7,9-10H,4-6H2,1H3,(H,14,16)(H,17,18)/t9-,10+/m1/s1. The molecule has 19 heavy (non-hydrogen) atoms. The molecule has 0 spiro atoms. The van der Waals surface area contributed by atoms with Crippen LogP contribution >= 0.6 is 11.3 Å². The first-order chi connectivity index (χ1) is 9.09. The summed E-state index contributed by atoms with van der Waals surface area (Å²) in [4.78, 5) is 28.3. The molecule has 1 aliphatic carbocycles. The molecule has 0 saturated carbocycles. The zero-order chi connectivity index (χ0) is 13.8. The SMILES string of the molecule is Cc1ncsc1CNC(=O)[C@@H]1CC=CC[C@@H]1C(=O)O. The Bertz CT molecular complexity index is 510. The van der Waals surface area contributed by atoms with Crippen LogP contribution in [0, 0.1) is 18.8 Å². The zero-order valence-corrected chi connectivity index (χ0v) is 11.4. The minimum absolute atomic E-state index is 0.190. The number of aromatic nitrogens is 1. The van der Waals surface area contributed by atoms with Gasteiger partial charge < -0.3 is 10.4 Å². The fourth-order valence-electron chi connectivity index (χ4n) is 2.17. The molecule has 1 amide bonds. The Labute approximate surface area is 115 Å². The molecule has 0 radical (unpaired) electrons. The molecule has 102 valence electrons. The Morgan fingerprint density at radius 1 is 1.42 bits per heavy atom. The van der Waals surface area contributed by atoms with Crippen molar-refractivity contribution in [3.63, 3.8) is 0 Å². The molecule has 2 atom stereocenters. The average molecular weight is 280 g/mol. The molecule has 1 heterocycles. The zero-order valence-electron chi connectivity index (χ0n) is 10.6. The van der Waals surface area contributed by atoms with Crippen LogP contribution in [0.3, 0.4) is 0 Å². The molecule has 0 aliphatic heterocycles. The lowest BCUT2D eigenvalue weighted by molar-refractivity contribution is -0.147. The summed E-state index contributed by atoms with van der Waals surface area (Å²) < 4.78 is 0. The van der Waals surface area contributed by atoms with Crippen LogP contribution in [0.1, 0.15) is 23.4 Å². The quantitative estimate of drug-likeness (QED) is 0.823. The molecule has 2 rings (SSSR count). The molecule has 0 unspecified atom stereocenters. The van der Waals surface area contributed by atoms with E-state index in [0.29, 0.717) is 19.4 Å². The number of aryl methyl sites for hydroxylation is 1. The number of carboxylic acids is 1. The third-order valence-electron chi connectivity index (χ3n) is 3.35. The molecular weight excluding hydrogens is 264 g/mol. The van der Waals surface area contributed by atoms with E-state index in [4.69, 9.17) is 5.11 Å². The number of carboxylic acid groups (broad SMARTS) is 1. The second-order valence-electron chi connectivity index (χ2n) is 4.57. The summed E-state index contributed by atoms with van der Waals surface area (Å²) in [7, 11) is 0. The molecular formula is C13H16N2O3S. The van der Waals surface area contributed by atoms with Crippen molar-refractivity contribution in [2.45, 2.75) is 26.3 Å². The van der Waals surface area contributed by atoms with Crippen LogP contribution in [0.15, 0.2) is 17.7 Å². The number of nitrogens with one attached hydrogen (secondary N) is 1.